The second-order valence-electron chi connectivity index (χ2n) is 4.35. The second kappa shape index (κ2) is 7.48. The van der Waals surface area contributed by atoms with Crippen LogP contribution in [-0.4, -0.2) is 38.0 Å². The van der Waals surface area contributed by atoms with Crippen LogP contribution in [0.3, 0.4) is 0 Å². The molecule has 0 aliphatic rings. The highest BCUT2D eigenvalue weighted by molar-refractivity contribution is 7.17. The van der Waals surface area contributed by atoms with Crippen molar-refractivity contribution in [1.29, 1.82) is 0 Å². The van der Waals surface area contributed by atoms with Crippen molar-refractivity contribution in [3.63, 3.8) is 0 Å². The van der Waals surface area contributed by atoms with Crippen LogP contribution in [0.5, 0.6) is 0 Å². The number of halogens is 1. The third kappa shape index (κ3) is 3.93. The van der Waals surface area contributed by atoms with Gasteiger partial charge in [0.05, 0.1) is 6.42 Å². The lowest BCUT2D eigenvalue weighted by atomic mass is 10.1. The number of thiophene rings is 1. The Kier molecular flexibility index (Phi) is 6.28. The number of benzene rings is 1. The maximum atomic E-state index is 12.1. The number of carbonyl (C=O) groups is 1. The zero-order chi connectivity index (χ0) is 13.0. The SMILES string of the molecule is CNCCN(C)C(=O)Cc1csc2ccccc12.Cl. The Hall–Kier alpha value is -1.10. The maximum absolute atomic E-state index is 12.1. The molecule has 0 aliphatic carbocycles. The summed E-state index contributed by atoms with van der Waals surface area (Å²) < 4.78 is 1.25. The fourth-order valence-electron chi connectivity index (χ4n) is 1.87. The van der Waals surface area contributed by atoms with Gasteiger partial charge in [-0.15, -0.1) is 23.7 Å². The third-order valence-corrected chi connectivity index (χ3v) is 4.04. The number of amides is 1. The Balaban J connectivity index is 0.00000180. The molecule has 1 heterocycles. The molecule has 0 spiro atoms. The first kappa shape index (κ1) is 16.0. The summed E-state index contributed by atoms with van der Waals surface area (Å²) in [6.45, 7) is 1.57. The van der Waals surface area contributed by atoms with Crippen molar-refractivity contribution >= 4 is 39.7 Å². The van der Waals surface area contributed by atoms with Crippen molar-refractivity contribution in [1.82, 2.24) is 10.2 Å². The van der Waals surface area contributed by atoms with Crippen molar-refractivity contribution in [2.75, 3.05) is 27.2 Å². The molecule has 1 N–H and O–H groups in total. The lowest BCUT2D eigenvalue weighted by Crippen LogP contribution is -2.33. The van der Waals surface area contributed by atoms with Crippen LogP contribution in [0.4, 0.5) is 0 Å². The van der Waals surface area contributed by atoms with Crippen LogP contribution in [0, 0.1) is 0 Å². The van der Waals surface area contributed by atoms with Crippen LogP contribution in [0.2, 0.25) is 0 Å². The van der Waals surface area contributed by atoms with E-state index in [1.54, 1.807) is 16.2 Å². The number of hydrogen-bond donors (Lipinski definition) is 1. The van der Waals surface area contributed by atoms with Gasteiger partial charge in [-0.25, -0.2) is 0 Å². The van der Waals surface area contributed by atoms with Gasteiger partial charge in [0.25, 0.3) is 0 Å². The lowest BCUT2D eigenvalue weighted by molar-refractivity contribution is -0.129. The van der Waals surface area contributed by atoms with E-state index in [9.17, 15) is 4.79 Å². The van der Waals surface area contributed by atoms with Gasteiger partial charge >= 0.3 is 0 Å². The smallest absolute Gasteiger partial charge is 0.226 e. The Bertz CT molecular complexity index is 541. The van der Waals surface area contributed by atoms with E-state index in [-0.39, 0.29) is 18.3 Å². The van der Waals surface area contributed by atoms with Crippen LogP contribution in [-0.2, 0) is 11.2 Å². The average Bonchev–Trinajstić information content (AvgIpc) is 2.79. The summed E-state index contributed by atoms with van der Waals surface area (Å²) in [5, 5.41) is 6.35. The first-order chi connectivity index (χ1) is 8.72. The number of hydrogen-bond acceptors (Lipinski definition) is 3. The molecule has 1 aromatic heterocycles. The van der Waals surface area contributed by atoms with Crippen LogP contribution < -0.4 is 5.32 Å². The predicted octanol–water partition coefficient (Wildman–Crippen LogP) is 2.54. The van der Waals surface area contributed by atoms with Gasteiger partial charge in [-0.05, 0) is 29.4 Å². The number of fused-ring (bicyclic) bond motifs is 1. The fourth-order valence-corrected chi connectivity index (χ4v) is 2.83. The molecule has 0 bridgehead atoms. The van der Waals surface area contributed by atoms with Gasteiger partial charge in [0.1, 0.15) is 0 Å². The lowest BCUT2D eigenvalue weighted by Gasteiger charge is -2.16. The topological polar surface area (TPSA) is 32.3 Å². The molecule has 2 rings (SSSR count). The fraction of sp³-hybridized carbons (Fsp3) is 0.357. The Morgan fingerprint density at radius 3 is 2.84 bits per heavy atom. The Morgan fingerprint density at radius 1 is 1.37 bits per heavy atom. The standard InChI is InChI=1S/C14H18N2OS.ClH/c1-15-7-8-16(2)14(17)9-11-10-18-13-6-4-3-5-12(11)13;/h3-6,10,15H,7-9H2,1-2H3;1H. The molecular weight excluding hydrogens is 280 g/mol. The van der Waals surface area contributed by atoms with Gasteiger partial charge in [-0.3, -0.25) is 4.79 Å². The van der Waals surface area contributed by atoms with E-state index in [4.69, 9.17) is 0 Å². The van der Waals surface area contributed by atoms with Crippen molar-refractivity contribution in [2.45, 2.75) is 6.42 Å². The predicted molar refractivity (Wildman–Crippen MR) is 84.3 cm³/mol. The number of rotatable bonds is 5. The van der Waals surface area contributed by atoms with Crippen LogP contribution in [0.25, 0.3) is 10.1 Å². The first-order valence-electron chi connectivity index (χ1n) is 6.06. The summed E-state index contributed by atoms with van der Waals surface area (Å²) in [6, 6.07) is 8.23. The molecule has 0 saturated heterocycles. The molecule has 0 fully saturated rings. The Morgan fingerprint density at radius 2 is 2.11 bits per heavy atom. The number of nitrogens with one attached hydrogen (secondary N) is 1. The minimum Gasteiger partial charge on any atom is -0.344 e. The first-order valence-corrected chi connectivity index (χ1v) is 6.94. The Labute approximate surface area is 124 Å². The van der Waals surface area contributed by atoms with E-state index in [1.807, 2.05) is 26.2 Å². The monoisotopic (exact) mass is 298 g/mol. The molecule has 2 aromatic rings. The second-order valence-corrected chi connectivity index (χ2v) is 5.26. The van der Waals surface area contributed by atoms with E-state index < -0.39 is 0 Å². The van der Waals surface area contributed by atoms with Gasteiger partial charge in [-0.2, -0.15) is 0 Å². The van der Waals surface area contributed by atoms with E-state index in [0.717, 1.165) is 18.7 Å². The average molecular weight is 299 g/mol. The highest BCUT2D eigenvalue weighted by Gasteiger charge is 2.12. The summed E-state index contributed by atoms with van der Waals surface area (Å²) in [5.41, 5.74) is 1.14. The van der Waals surface area contributed by atoms with Gasteiger partial charge in [0.15, 0.2) is 0 Å². The highest BCUT2D eigenvalue weighted by Crippen LogP contribution is 2.26. The van der Waals surface area contributed by atoms with E-state index >= 15 is 0 Å². The van der Waals surface area contributed by atoms with Gasteiger partial charge < -0.3 is 10.2 Å². The molecule has 0 unspecified atom stereocenters. The van der Waals surface area contributed by atoms with Crippen molar-refractivity contribution in [2.24, 2.45) is 0 Å². The van der Waals surface area contributed by atoms with E-state index in [2.05, 4.69) is 22.8 Å². The molecule has 1 aromatic carbocycles. The molecule has 3 nitrogen and oxygen atoms in total. The minimum absolute atomic E-state index is 0. The molecule has 0 atom stereocenters. The summed E-state index contributed by atoms with van der Waals surface area (Å²) in [6.07, 6.45) is 0.490. The molecule has 0 aliphatic heterocycles. The highest BCUT2D eigenvalue weighted by atomic mass is 35.5. The summed E-state index contributed by atoms with van der Waals surface area (Å²) >= 11 is 1.70. The molecule has 104 valence electrons. The van der Waals surface area contributed by atoms with Crippen LogP contribution in [0.1, 0.15) is 5.56 Å². The quantitative estimate of drug-likeness (QED) is 0.920. The molecular formula is C14H19ClN2OS. The van der Waals surface area contributed by atoms with Crippen LogP contribution >= 0.6 is 23.7 Å². The summed E-state index contributed by atoms with van der Waals surface area (Å²) in [7, 11) is 3.75. The van der Waals surface area contributed by atoms with Crippen LogP contribution in [0.15, 0.2) is 29.6 Å². The minimum atomic E-state index is 0. The number of nitrogens with zero attached hydrogens (tertiary/aromatic N) is 1. The molecule has 0 saturated carbocycles. The zero-order valence-electron chi connectivity index (χ0n) is 11.2. The molecule has 19 heavy (non-hydrogen) atoms. The number of likely N-dealkylation sites (N-methyl/N-ethyl adjacent to an activating group) is 2. The summed E-state index contributed by atoms with van der Waals surface area (Å²) in [5.74, 6) is 0.175. The zero-order valence-corrected chi connectivity index (χ0v) is 12.8. The molecule has 5 heteroatoms. The van der Waals surface area contributed by atoms with Crippen molar-refractivity contribution in [3.8, 4) is 0 Å². The molecule has 0 radical (unpaired) electrons. The largest absolute Gasteiger partial charge is 0.344 e. The van der Waals surface area contributed by atoms with E-state index in [0.29, 0.717) is 6.42 Å². The summed E-state index contributed by atoms with van der Waals surface area (Å²) in [4.78, 5) is 13.8. The van der Waals surface area contributed by atoms with Gasteiger partial charge in [0.2, 0.25) is 5.91 Å². The maximum Gasteiger partial charge on any atom is 0.226 e. The van der Waals surface area contributed by atoms with Crippen molar-refractivity contribution in [3.05, 3.63) is 35.2 Å². The molecule has 1 amide bonds. The van der Waals surface area contributed by atoms with Gasteiger partial charge in [0, 0.05) is 24.8 Å². The normalized spacial score (nSPS) is 10.2. The number of carbonyl (C=O) groups excluding carboxylic acids is 1. The van der Waals surface area contributed by atoms with E-state index in [1.165, 1.54) is 10.1 Å². The van der Waals surface area contributed by atoms with Crippen molar-refractivity contribution < 1.29 is 4.79 Å². The third-order valence-electron chi connectivity index (χ3n) is 3.03. The van der Waals surface area contributed by atoms with Gasteiger partial charge in [-0.1, -0.05) is 18.2 Å².